The monoisotopic (exact) mass is 202 g/mol. The number of carbonyl (C=O) groups is 1. The number of hydrogen-bond donors (Lipinski definition) is 0. The maximum atomic E-state index is 11.6. The highest BCUT2D eigenvalue weighted by molar-refractivity contribution is 6.36. The average molecular weight is 203 g/mol. The lowest BCUT2D eigenvalue weighted by atomic mass is 9.90. The molecule has 0 heterocycles. The number of alkyl halides is 1. The number of unbranched alkanes of at least 4 members (excludes halogenated alkanes) is 2. The van der Waals surface area contributed by atoms with Crippen molar-refractivity contribution in [3.63, 3.8) is 0 Å². The first-order valence-corrected chi connectivity index (χ1v) is 5.71. The smallest absolute Gasteiger partial charge is 0.154 e. The first-order chi connectivity index (χ1) is 6.11. The Morgan fingerprint density at radius 2 is 2.23 bits per heavy atom. The molecular weight excluding hydrogens is 184 g/mol. The molecule has 1 fully saturated rings. The fourth-order valence-corrected chi connectivity index (χ4v) is 2.41. The second kappa shape index (κ2) is 4.45. The summed E-state index contributed by atoms with van der Waals surface area (Å²) < 4.78 is 0. The van der Waals surface area contributed by atoms with E-state index < -0.39 is 4.87 Å². The standard InChI is InChI=1S/C11H19ClO/c1-3-4-5-8-11(12)9(2)6-7-10(11)13/h9H,3-8H2,1-2H3. The molecular formula is C11H19ClO. The molecule has 0 aromatic rings. The van der Waals surface area contributed by atoms with E-state index in [4.69, 9.17) is 11.6 Å². The predicted molar refractivity (Wildman–Crippen MR) is 56.1 cm³/mol. The normalized spacial score (nSPS) is 34.1. The first-order valence-electron chi connectivity index (χ1n) is 5.33. The Hall–Kier alpha value is -0.0400. The van der Waals surface area contributed by atoms with Crippen LogP contribution < -0.4 is 0 Å². The van der Waals surface area contributed by atoms with Gasteiger partial charge < -0.3 is 0 Å². The Morgan fingerprint density at radius 1 is 1.54 bits per heavy atom. The van der Waals surface area contributed by atoms with Crippen LogP contribution >= 0.6 is 11.6 Å². The molecule has 0 saturated heterocycles. The van der Waals surface area contributed by atoms with Crippen LogP contribution in [-0.2, 0) is 4.79 Å². The lowest BCUT2D eigenvalue weighted by Gasteiger charge is -2.24. The molecule has 2 atom stereocenters. The summed E-state index contributed by atoms with van der Waals surface area (Å²) in [6, 6.07) is 0. The molecule has 76 valence electrons. The molecule has 1 aliphatic carbocycles. The van der Waals surface area contributed by atoms with Gasteiger partial charge in [-0.15, -0.1) is 11.6 Å². The molecule has 1 nitrogen and oxygen atoms in total. The number of ketones is 1. The molecule has 0 radical (unpaired) electrons. The van der Waals surface area contributed by atoms with Gasteiger partial charge in [-0.25, -0.2) is 0 Å². The molecule has 0 spiro atoms. The van der Waals surface area contributed by atoms with E-state index >= 15 is 0 Å². The van der Waals surface area contributed by atoms with Crippen molar-refractivity contribution < 1.29 is 4.79 Å². The van der Waals surface area contributed by atoms with Gasteiger partial charge in [0.15, 0.2) is 5.78 Å². The topological polar surface area (TPSA) is 17.1 Å². The Labute approximate surface area is 85.8 Å². The minimum Gasteiger partial charge on any atom is -0.298 e. The van der Waals surface area contributed by atoms with E-state index in [1.54, 1.807) is 0 Å². The van der Waals surface area contributed by atoms with E-state index in [0.717, 1.165) is 19.3 Å². The SMILES string of the molecule is CCCCCC1(Cl)C(=O)CCC1C. The molecule has 0 bridgehead atoms. The second-order valence-electron chi connectivity index (χ2n) is 4.18. The van der Waals surface area contributed by atoms with Crippen LogP contribution in [0.25, 0.3) is 0 Å². The quantitative estimate of drug-likeness (QED) is 0.504. The van der Waals surface area contributed by atoms with Crippen LogP contribution in [0.4, 0.5) is 0 Å². The summed E-state index contributed by atoms with van der Waals surface area (Å²) in [5, 5.41) is 0. The number of halogens is 1. The van der Waals surface area contributed by atoms with Gasteiger partial charge in [0, 0.05) is 6.42 Å². The highest BCUT2D eigenvalue weighted by Gasteiger charge is 2.45. The largest absolute Gasteiger partial charge is 0.298 e. The molecule has 0 N–H and O–H groups in total. The first kappa shape index (κ1) is 11.0. The van der Waals surface area contributed by atoms with Crippen molar-refractivity contribution in [2.24, 2.45) is 5.92 Å². The van der Waals surface area contributed by atoms with Gasteiger partial charge in [-0.1, -0.05) is 33.1 Å². The number of hydrogen-bond acceptors (Lipinski definition) is 1. The van der Waals surface area contributed by atoms with E-state index in [1.165, 1.54) is 12.8 Å². The summed E-state index contributed by atoms with van der Waals surface area (Å²) >= 11 is 6.36. The fourth-order valence-electron chi connectivity index (χ4n) is 2.08. The maximum absolute atomic E-state index is 11.6. The third-order valence-electron chi connectivity index (χ3n) is 3.19. The van der Waals surface area contributed by atoms with E-state index in [0.29, 0.717) is 12.3 Å². The summed E-state index contributed by atoms with van der Waals surface area (Å²) in [7, 11) is 0. The molecule has 1 aliphatic rings. The van der Waals surface area contributed by atoms with Gasteiger partial charge in [0.2, 0.25) is 0 Å². The summed E-state index contributed by atoms with van der Waals surface area (Å²) in [6.45, 7) is 4.27. The Balaban J connectivity index is 2.47. The second-order valence-corrected chi connectivity index (χ2v) is 4.86. The van der Waals surface area contributed by atoms with Gasteiger partial charge in [0.1, 0.15) is 4.87 Å². The van der Waals surface area contributed by atoms with Crippen LogP contribution in [0.3, 0.4) is 0 Å². The summed E-state index contributed by atoms with van der Waals surface area (Å²) in [4.78, 5) is 11.1. The summed E-state index contributed by atoms with van der Waals surface area (Å²) in [5.74, 6) is 0.649. The Bertz CT molecular complexity index is 191. The van der Waals surface area contributed by atoms with Crippen molar-refractivity contribution in [3.8, 4) is 0 Å². The minimum absolute atomic E-state index is 0.276. The zero-order chi connectivity index (χ0) is 9.90. The van der Waals surface area contributed by atoms with Crippen molar-refractivity contribution in [2.75, 3.05) is 0 Å². The van der Waals surface area contributed by atoms with Crippen LogP contribution in [-0.4, -0.2) is 10.7 Å². The van der Waals surface area contributed by atoms with Crippen LogP contribution in [0.2, 0.25) is 0 Å². The predicted octanol–water partition coefficient (Wildman–Crippen LogP) is 3.54. The highest BCUT2D eigenvalue weighted by atomic mass is 35.5. The van der Waals surface area contributed by atoms with E-state index in [9.17, 15) is 4.79 Å². The molecule has 0 aromatic heterocycles. The molecule has 2 unspecified atom stereocenters. The Kier molecular flexibility index (Phi) is 3.78. The molecule has 2 heteroatoms. The zero-order valence-corrected chi connectivity index (χ0v) is 9.36. The molecule has 0 amide bonds. The fraction of sp³-hybridized carbons (Fsp3) is 0.909. The van der Waals surface area contributed by atoms with Crippen molar-refractivity contribution in [2.45, 2.75) is 57.2 Å². The van der Waals surface area contributed by atoms with E-state index in [2.05, 4.69) is 13.8 Å². The van der Waals surface area contributed by atoms with Crippen molar-refractivity contribution in [1.29, 1.82) is 0 Å². The van der Waals surface area contributed by atoms with Crippen molar-refractivity contribution in [1.82, 2.24) is 0 Å². The van der Waals surface area contributed by atoms with Gasteiger partial charge in [0.05, 0.1) is 0 Å². The molecule has 1 rings (SSSR count). The van der Waals surface area contributed by atoms with Gasteiger partial charge in [0.25, 0.3) is 0 Å². The third-order valence-corrected chi connectivity index (χ3v) is 3.97. The van der Waals surface area contributed by atoms with Gasteiger partial charge >= 0.3 is 0 Å². The van der Waals surface area contributed by atoms with Gasteiger partial charge in [-0.05, 0) is 18.8 Å². The van der Waals surface area contributed by atoms with Gasteiger partial charge in [-0.3, -0.25) is 4.79 Å². The van der Waals surface area contributed by atoms with Crippen LogP contribution in [0.15, 0.2) is 0 Å². The molecule has 0 aliphatic heterocycles. The lowest BCUT2D eigenvalue weighted by Crippen LogP contribution is -2.32. The lowest BCUT2D eigenvalue weighted by molar-refractivity contribution is -0.120. The van der Waals surface area contributed by atoms with Gasteiger partial charge in [-0.2, -0.15) is 0 Å². The molecule has 0 aromatic carbocycles. The molecule has 13 heavy (non-hydrogen) atoms. The zero-order valence-electron chi connectivity index (χ0n) is 8.61. The third kappa shape index (κ3) is 2.25. The maximum Gasteiger partial charge on any atom is 0.154 e. The van der Waals surface area contributed by atoms with E-state index in [-0.39, 0.29) is 5.78 Å². The number of Topliss-reactive ketones (excluding diaryl/α,β-unsaturated/α-hetero) is 1. The summed E-state index contributed by atoms with van der Waals surface area (Å²) in [5.41, 5.74) is 0. The average Bonchev–Trinajstić information content (AvgIpc) is 2.35. The van der Waals surface area contributed by atoms with Crippen LogP contribution in [0.1, 0.15) is 52.4 Å². The number of carbonyl (C=O) groups excluding carboxylic acids is 1. The van der Waals surface area contributed by atoms with E-state index in [1.807, 2.05) is 0 Å². The van der Waals surface area contributed by atoms with Crippen molar-refractivity contribution in [3.05, 3.63) is 0 Å². The molecule has 1 saturated carbocycles. The Morgan fingerprint density at radius 3 is 2.69 bits per heavy atom. The summed E-state index contributed by atoms with van der Waals surface area (Å²) in [6.07, 6.45) is 6.02. The highest BCUT2D eigenvalue weighted by Crippen LogP contribution is 2.41. The van der Waals surface area contributed by atoms with Crippen LogP contribution in [0.5, 0.6) is 0 Å². The minimum atomic E-state index is -0.505. The van der Waals surface area contributed by atoms with Crippen LogP contribution in [0, 0.1) is 5.92 Å². The number of rotatable bonds is 4. The van der Waals surface area contributed by atoms with Crippen molar-refractivity contribution >= 4 is 17.4 Å².